The molecule has 3 rings (SSSR count). The van der Waals surface area contributed by atoms with Gasteiger partial charge in [0, 0.05) is 45.8 Å². The Kier molecular flexibility index (Phi) is 9.62. The van der Waals surface area contributed by atoms with Crippen LogP contribution >= 0.6 is 0 Å². The molecule has 2 heterocycles. The van der Waals surface area contributed by atoms with E-state index < -0.39 is 6.10 Å². The van der Waals surface area contributed by atoms with Crippen LogP contribution in [0, 0.1) is 6.92 Å². The summed E-state index contributed by atoms with van der Waals surface area (Å²) in [7, 11) is 0. The molecule has 8 nitrogen and oxygen atoms in total. The Bertz CT molecular complexity index is 743. The first-order chi connectivity index (χ1) is 15.5. The van der Waals surface area contributed by atoms with Crippen LogP contribution in [0.3, 0.4) is 0 Å². The van der Waals surface area contributed by atoms with E-state index in [0.717, 1.165) is 75.9 Å². The molecule has 1 atom stereocenters. The maximum Gasteiger partial charge on any atom is 0.236 e. The van der Waals surface area contributed by atoms with E-state index in [0.29, 0.717) is 6.54 Å². The van der Waals surface area contributed by atoms with Crippen LogP contribution < -0.4 is 10.1 Å². The van der Waals surface area contributed by atoms with E-state index >= 15 is 0 Å². The fourth-order valence-corrected chi connectivity index (χ4v) is 4.12. The van der Waals surface area contributed by atoms with Crippen molar-refractivity contribution in [3.8, 4) is 5.75 Å². The zero-order valence-corrected chi connectivity index (χ0v) is 19.6. The lowest BCUT2D eigenvalue weighted by Crippen LogP contribution is -2.54. The summed E-state index contributed by atoms with van der Waals surface area (Å²) in [5.74, 6) is 1.83. The van der Waals surface area contributed by atoms with Crippen molar-refractivity contribution in [2.45, 2.75) is 39.2 Å². The number of carbonyl (C=O) groups excluding carboxylic acids is 1. The second-order valence-electron chi connectivity index (χ2n) is 8.68. The standard InChI is InChI=1S/C24H39N5O3/c1-3-25-24(26-17-21(30)19-32-22-9-7-8-20(2)16-22)29-14-12-27(13-15-29)18-23(31)28-10-5-4-6-11-28/h7-9,16,21,30H,3-6,10-15,17-19H2,1-2H3,(H,25,26). The zero-order chi connectivity index (χ0) is 22.8. The highest BCUT2D eigenvalue weighted by molar-refractivity contribution is 5.80. The highest BCUT2D eigenvalue weighted by atomic mass is 16.5. The van der Waals surface area contributed by atoms with Crippen LogP contribution in [0.4, 0.5) is 0 Å². The lowest BCUT2D eigenvalue weighted by atomic mass is 10.1. The van der Waals surface area contributed by atoms with Gasteiger partial charge in [-0.05, 0) is 50.8 Å². The van der Waals surface area contributed by atoms with Gasteiger partial charge in [-0.3, -0.25) is 14.7 Å². The number of guanidine groups is 1. The number of likely N-dealkylation sites (tertiary alicyclic amines) is 1. The van der Waals surface area contributed by atoms with E-state index in [2.05, 4.69) is 20.1 Å². The Hall–Kier alpha value is -2.32. The maximum absolute atomic E-state index is 12.5. The fourth-order valence-electron chi connectivity index (χ4n) is 4.12. The van der Waals surface area contributed by atoms with Crippen LogP contribution in [0.15, 0.2) is 29.3 Å². The van der Waals surface area contributed by atoms with Crippen molar-refractivity contribution < 1.29 is 14.6 Å². The molecule has 0 saturated carbocycles. The average molecular weight is 446 g/mol. The number of piperidine rings is 1. The quantitative estimate of drug-likeness (QED) is 0.464. The first-order valence-electron chi connectivity index (χ1n) is 12.0. The molecule has 2 N–H and O–H groups in total. The Morgan fingerprint density at radius 2 is 1.88 bits per heavy atom. The number of nitrogens with zero attached hydrogens (tertiary/aromatic N) is 4. The van der Waals surface area contributed by atoms with Crippen molar-refractivity contribution in [1.82, 2.24) is 20.0 Å². The summed E-state index contributed by atoms with van der Waals surface area (Å²) >= 11 is 0. The van der Waals surface area contributed by atoms with Crippen molar-refractivity contribution in [1.29, 1.82) is 0 Å². The Balaban J connectivity index is 1.43. The molecule has 178 valence electrons. The van der Waals surface area contributed by atoms with Crippen molar-refractivity contribution in [3.63, 3.8) is 0 Å². The summed E-state index contributed by atoms with van der Waals surface area (Å²) in [4.78, 5) is 23.6. The van der Waals surface area contributed by atoms with E-state index in [9.17, 15) is 9.90 Å². The molecule has 1 aromatic carbocycles. The molecule has 0 bridgehead atoms. The molecule has 2 aliphatic heterocycles. The molecule has 2 aliphatic rings. The minimum absolute atomic E-state index is 0.207. The first kappa shape index (κ1) is 24.3. The molecular formula is C24H39N5O3. The minimum Gasteiger partial charge on any atom is -0.491 e. The molecule has 2 fully saturated rings. The molecule has 1 aromatic rings. The number of aryl methyl sites for hydroxylation is 1. The second-order valence-corrected chi connectivity index (χ2v) is 8.68. The number of piperazine rings is 1. The molecule has 0 aromatic heterocycles. The third kappa shape index (κ3) is 7.67. The first-order valence-corrected chi connectivity index (χ1v) is 12.0. The highest BCUT2D eigenvalue weighted by Crippen LogP contribution is 2.13. The van der Waals surface area contributed by atoms with E-state index in [1.807, 2.05) is 43.0 Å². The number of aliphatic hydroxyl groups is 1. The monoisotopic (exact) mass is 445 g/mol. The SMILES string of the molecule is CCNC(=NCC(O)COc1cccc(C)c1)N1CCN(CC(=O)N2CCCCC2)CC1. The third-order valence-electron chi connectivity index (χ3n) is 5.96. The van der Waals surface area contributed by atoms with Crippen molar-refractivity contribution in [2.75, 3.05) is 65.5 Å². The molecule has 0 radical (unpaired) electrons. The topological polar surface area (TPSA) is 80.6 Å². The lowest BCUT2D eigenvalue weighted by molar-refractivity contribution is -0.133. The average Bonchev–Trinajstić information content (AvgIpc) is 2.81. The number of amides is 1. The van der Waals surface area contributed by atoms with Gasteiger partial charge < -0.3 is 25.0 Å². The molecule has 0 aliphatic carbocycles. The Labute approximate surface area is 192 Å². The summed E-state index contributed by atoms with van der Waals surface area (Å²) in [5.41, 5.74) is 1.13. The molecule has 32 heavy (non-hydrogen) atoms. The number of hydrogen-bond acceptors (Lipinski definition) is 5. The molecule has 1 unspecified atom stereocenters. The highest BCUT2D eigenvalue weighted by Gasteiger charge is 2.24. The zero-order valence-electron chi connectivity index (χ0n) is 19.6. The van der Waals surface area contributed by atoms with Gasteiger partial charge in [0.1, 0.15) is 18.5 Å². The van der Waals surface area contributed by atoms with E-state index in [4.69, 9.17) is 4.74 Å². The third-order valence-corrected chi connectivity index (χ3v) is 5.96. The molecule has 0 spiro atoms. The van der Waals surface area contributed by atoms with Gasteiger partial charge in [-0.2, -0.15) is 0 Å². The van der Waals surface area contributed by atoms with Gasteiger partial charge in [0.15, 0.2) is 5.96 Å². The lowest BCUT2D eigenvalue weighted by Gasteiger charge is -2.37. The van der Waals surface area contributed by atoms with E-state index in [-0.39, 0.29) is 19.1 Å². The summed E-state index contributed by atoms with van der Waals surface area (Å²) < 4.78 is 5.69. The van der Waals surface area contributed by atoms with Crippen molar-refractivity contribution >= 4 is 11.9 Å². The number of ether oxygens (including phenoxy) is 1. The van der Waals surface area contributed by atoms with E-state index in [1.165, 1.54) is 6.42 Å². The smallest absolute Gasteiger partial charge is 0.236 e. The number of aliphatic imine (C=N–C) groups is 1. The predicted molar refractivity (Wildman–Crippen MR) is 127 cm³/mol. The predicted octanol–water partition coefficient (Wildman–Crippen LogP) is 1.33. The number of aliphatic hydroxyl groups excluding tert-OH is 1. The minimum atomic E-state index is -0.673. The normalized spacial score (nSPS) is 19.0. The summed E-state index contributed by atoms with van der Waals surface area (Å²) in [6.45, 7) is 10.9. The van der Waals surface area contributed by atoms with Gasteiger partial charge in [-0.25, -0.2) is 0 Å². The van der Waals surface area contributed by atoms with Gasteiger partial charge in [0.2, 0.25) is 5.91 Å². The number of hydrogen-bond donors (Lipinski definition) is 2. The molecule has 2 saturated heterocycles. The van der Waals surface area contributed by atoms with Crippen LogP contribution in [0.5, 0.6) is 5.75 Å². The van der Waals surface area contributed by atoms with Crippen LogP contribution in [-0.2, 0) is 4.79 Å². The second kappa shape index (κ2) is 12.6. The Morgan fingerprint density at radius 1 is 1.12 bits per heavy atom. The van der Waals surface area contributed by atoms with Crippen molar-refractivity contribution in [2.24, 2.45) is 4.99 Å². The van der Waals surface area contributed by atoms with Gasteiger partial charge in [-0.1, -0.05) is 12.1 Å². The van der Waals surface area contributed by atoms with Crippen LogP contribution in [-0.4, -0.2) is 103 Å². The van der Waals surface area contributed by atoms with Gasteiger partial charge in [0.25, 0.3) is 0 Å². The number of rotatable bonds is 8. The maximum atomic E-state index is 12.5. The molecule has 8 heteroatoms. The summed E-state index contributed by atoms with van der Waals surface area (Å²) in [6.07, 6.45) is 2.82. The summed E-state index contributed by atoms with van der Waals surface area (Å²) in [5, 5.41) is 13.7. The number of carbonyl (C=O) groups is 1. The Morgan fingerprint density at radius 3 is 2.56 bits per heavy atom. The summed E-state index contributed by atoms with van der Waals surface area (Å²) in [6, 6.07) is 7.80. The van der Waals surface area contributed by atoms with Gasteiger partial charge >= 0.3 is 0 Å². The van der Waals surface area contributed by atoms with Gasteiger partial charge in [-0.15, -0.1) is 0 Å². The van der Waals surface area contributed by atoms with Gasteiger partial charge in [0.05, 0.1) is 13.1 Å². The number of benzene rings is 1. The fraction of sp³-hybridized carbons (Fsp3) is 0.667. The van der Waals surface area contributed by atoms with Crippen LogP contribution in [0.2, 0.25) is 0 Å². The van der Waals surface area contributed by atoms with Crippen molar-refractivity contribution in [3.05, 3.63) is 29.8 Å². The largest absolute Gasteiger partial charge is 0.491 e. The van der Waals surface area contributed by atoms with Crippen LogP contribution in [0.1, 0.15) is 31.7 Å². The van der Waals surface area contributed by atoms with Crippen LogP contribution in [0.25, 0.3) is 0 Å². The molecular weight excluding hydrogens is 406 g/mol. The number of nitrogens with one attached hydrogen (secondary N) is 1. The molecule has 1 amide bonds. The van der Waals surface area contributed by atoms with E-state index in [1.54, 1.807) is 0 Å².